The third kappa shape index (κ3) is 8.25. The first-order valence-corrected chi connectivity index (χ1v) is 5.32. The summed E-state index contributed by atoms with van der Waals surface area (Å²) in [4.78, 5) is 0. The molecule has 0 aliphatic heterocycles. The van der Waals surface area contributed by atoms with Crippen LogP contribution < -0.4 is 0 Å². The zero-order valence-electron chi connectivity index (χ0n) is 8.10. The molecule has 0 rings (SSSR count). The molecule has 0 N–H and O–H groups in total. The highest BCUT2D eigenvalue weighted by Crippen LogP contribution is 2.15. The Morgan fingerprint density at radius 3 is 2.09 bits per heavy atom. The Kier molecular flexibility index (Phi) is 7.25. The van der Waals surface area contributed by atoms with E-state index in [1.54, 1.807) is 0 Å². The summed E-state index contributed by atoms with van der Waals surface area (Å²) in [6.07, 6.45) is 5.36. The van der Waals surface area contributed by atoms with Crippen LogP contribution in [0, 0.1) is 11.8 Å². The van der Waals surface area contributed by atoms with Gasteiger partial charge in [0.15, 0.2) is 0 Å². The molecule has 0 heterocycles. The summed E-state index contributed by atoms with van der Waals surface area (Å²) in [5.41, 5.74) is 0. The molecule has 11 heavy (non-hydrogen) atoms. The molecule has 1 heteroatoms. The minimum absolute atomic E-state index is 0.853. The van der Waals surface area contributed by atoms with Gasteiger partial charge in [-0.25, -0.2) is 0 Å². The Balaban J connectivity index is 3.10. The fraction of sp³-hybridized carbons (Fsp3) is 1.00. The lowest BCUT2D eigenvalue weighted by Crippen LogP contribution is -1.97. The molecule has 1 radical (unpaired) electrons. The Morgan fingerprint density at radius 1 is 1.00 bits per heavy atom. The van der Waals surface area contributed by atoms with Crippen LogP contribution in [0.5, 0.6) is 0 Å². The highest BCUT2D eigenvalue weighted by molar-refractivity contribution is 7.80. The summed E-state index contributed by atoms with van der Waals surface area (Å²) >= 11 is 4.93. The van der Waals surface area contributed by atoms with E-state index in [0.29, 0.717) is 0 Å². The SMILES string of the molecule is CC(C)CCCC(C)CC[S]. The molecule has 0 saturated heterocycles. The van der Waals surface area contributed by atoms with Gasteiger partial charge < -0.3 is 0 Å². The first kappa shape index (κ1) is 11.4. The van der Waals surface area contributed by atoms with Crippen LogP contribution >= 0.6 is 12.6 Å². The molecule has 0 aromatic carbocycles. The summed E-state index contributed by atoms with van der Waals surface area (Å²) in [6, 6.07) is 0. The summed E-state index contributed by atoms with van der Waals surface area (Å²) in [5, 5.41) is 0. The minimum atomic E-state index is 0.853. The van der Waals surface area contributed by atoms with Gasteiger partial charge in [-0.2, -0.15) is 0 Å². The third-order valence-corrected chi connectivity index (χ3v) is 2.32. The lowest BCUT2D eigenvalue weighted by atomic mass is 9.98. The van der Waals surface area contributed by atoms with Crippen LogP contribution in [0.4, 0.5) is 0 Å². The van der Waals surface area contributed by atoms with E-state index in [4.69, 9.17) is 12.6 Å². The van der Waals surface area contributed by atoms with E-state index in [-0.39, 0.29) is 0 Å². The first-order valence-electron chi connectivity index (χ1n) is 4.75. The average Bonchev–Trinajstić information content (AvgIpc) is 1.87. The zero-order valence-corrected chi connectivity index (χ0v) is 8.91. The second kappa shape index (κ2) is 7.02. The average molecular weight is 173 g/mol. The van der Waals surface area contributed by atoms with E-state index >= 15 is 0 Å². The lowest BCUT2D eigenvalue weighted by Gasteiger charge is -2.09. The molecular formula is C10H21S. The van der Waals surface area contributed by atoms with Crippen molar-refractivity contribution in [3.63, 3.8) is 0 Å². The second-order valence-corrected chi connectivity index (χ2v) is 4.33. The van der Waals surface area contributed by atoms with Gasteiger partial charge >= 0.3 is 0 Å². The largest absolute Gasteiger partial charge is 0.0941 e. The Morgan fingerprint density at radius 2 is 1.64 bits per heavy atom. The van der Waals surface area contributed by atoms with Crippen molar-refractivity contribution >= 4 is 12.6 Å². The van der Waals surface area contributed by atoms with Gasteiger partial charge in [0.05, 0.1) is 0 Å². The van der Waals surface area contributed by atoms with Gasteiger partial charge in [0.1, 0.15) is 0 Å². The van der Waals surface area contributed by atoms with Crippen molar-refractivity contribution < 1.29 is 0 Å². The summed E-state index contributed by atoms with van der Waals surface area (Å²) in [6.45, 7) is 6.89. The summed E-state index contributed by atoms with van der Waals surface area (Å²) < 4.78 is 0. The Labute approximate surface area is 77.2 Å². The van der Waals surface area contributed by atoms with Crippen LogP contribution in [0.15, 0.2) is 0 Å². The molecule has 67 valence electrons. The quantitative estimate of drug-likeness (QED) is 0.569. The summed E-state index contributed by atoms with van der Waals surface area (Å²) in [5.74, 6) is 2.65. The molecule has 0 saturated carbocycles. The molecule has 0 nitrogen and oxygen atoms in total. The smallest absolute Gasteiger partial charge is 0.00394 e. The van der Waals surface area contributed by atoms with Crippen LogP contribution in [-0.4, -0.2) is 5.75 Å². The topological polar surface area (TPSA) is 0 Å². The van der Waals surface area contributed by atoms with Crippen LogP contribution in [0.1, 0.15) is 46.5 Å². The van der Waals surface area contributed by atoms with Crippen LogP contribution in [0.2, 0.25) is 0 Å². The van der Waals surface area contributed by atoms with Gasteiger partial charge in [-0.05, 0) is 18.3 Å². The molecule has 0 fully saturated rings. The molecule has 0 aromatic heterocycles. The maximum atomic E-state index is 4.93. The zero-order chi connectivity index (χ0) is 8.69. The van der Waals surface area contributed by atoms with Gasteiger partial charge in [0.2, 0.25) is 0 Å². The number of hydrogen-bond acceptors (Lipinski definition) is 0. The summed E-state index contributed by atoms with van der Waals surface area (Å²) in [7, 11) is 0. The molecule has 1 unspecified atom stereocenters. The predicted octanol–water partition coefficient (Wildman–Crippen LogP) is 4.04. The first-order chi connectivity index (χ1) is 5.16. The van der Waals surface area contributed by atoms with Gasteiger partial charge in [0, 0.05) is 5.75 Å². The van der Waals surface area contributed by atoms with E-state index in [0.717, 1.165) is 17.6 Å². The Bertz CT molecular complexity index is 78.9. The maximum Gasteiger partial charge on any atom is 0.00394 e. The molecular weight excluding hydrogens is 152 g/mol. The van der Waals surface area contributed by atoms with Crippen LogP contribution in [0.3, 0.4) is 0 Å². The molecule has 1 atom stereocenters. The van der Waals surface area contributed by atoms with Gasteiger partial charge in [-0.3, -0.25) is 0 Å². The number of rotatable bonds is 6. The predicted molar refractivity (Wildman–Crippen MR) is 54.9 cm³/mol. The fourth-order valence-electron chi connectivity index (χ4n) is 1.22. The Hall–Kier alpha value is 0.350. The molecule has 0 amide bonds. The monoisotopic (exact) mass is 173 g/mol. The molecule has 0 spiro atoms. The van der Waals surface area contributed by atoms with Crippen LogP contribution in [-0.2, 0) is 0 Å². The van der Waals surface area contributed by atoms with E-state index < -0.39 is 0 Å². The molecule has 0 aliphatic rings. The van der Waals surface area contributed by atoms with Gasteiger partial charge in [0.25, 0.3) is 0 Å². The van der Waals surface area contributed by atoms with Crippen molar-refractivity contribution in [1.29, 1.82) is 0 Å². The normalized spacial score (nSPS) is 13.9. The van der Waals surface area contributed by atoms with Crippen molar-refractivity contribution in [3.8, 4) is 0 Å². The molecule has 0 bridgehead atoms. The minimum Gasteiger partial charge on any atom is -0.0941 e. The van der Waals surface area contributed by atoms with Crippen molar-refractivity contribution in [2.24, 2.45) is 11.8 Å². The van der Waals surface area contributed by atoms with Gasteiger partial charge in [-0.1, -0.05) is 52.7 Å². The third-order valence-electron chi connectivity index (χ3n) is 2.09. The van der Waals surface area contributed by atoms with Crippen molar-refractivity contribution in [2.45, 2.75) is 46.5 Å². The number of hydrogen-bond donors (Lipinski definition) is 0. The van der Waals surface area contributed by atoms with E-state index in [2.05, 4.69) is 20.8 Å². The highest BCUT2D eigenvalue weighted by Gasteiger charge is 2.01. The molecule has 0 aromatic rings. The maximum absolute atomic E-state index is 4.93. The molecule has 0 aliphatic carbocycles. The van der Waals surface area contributed by atoms with Crippen molar-refractivity contribution in [3.05, 3.63) is 0 Å². The van der Waals surface area contributed by atoms with E-state index in [9.17, 15) is 0 Å². The standard InChI is InChI=1S/C10H21S/c1-9(2)5-4-6-10(3)7-8-11/h9-10H,4-8H2,1-3H3. The second-order valence-electron chi connectivity index (χ2n) is 3.92. The van der Waals surface area contributed by atoms with E-state index in [1.807, 2.05) is 0 Å². The fourth-order valence-corrected chi connectivity index (χ4v) is 1.62. The highest BCUT2D eigenvalue weighted by atomic mass is 32.1. The lowest BCUT2D eigenvalue weighted by molar-refractivity contribution is 0.451. The van der Waals surface area contributed by atoms with Crippen molar-refractivity contribution in [1.82, 2.24) is 0 Å². The van der Waals surface area contributed by atoms with E-state index in [1.165, 1.54) is 25.7 Å². The van der Waals surface area contributed by atoms with Crippen molar-refractivity contribution in [2.75, 3.05) is 5.75 Å². The van der Waals surface area contributed by atoms with Gasteiger partial charge in [-0.15, -0.1) is 0 Å². The van der Waals surface area contributed by atoms with Crippen LogP contribution in [0.25, 0.3) is 0 Å².